The average molecular weight is 393 g/mol. The van der Waals surface area contributed by atoms with Crippen molar-refractivity contribution in [1.82, 2.24) is 0 Å². The van der Waals surface area contributed by atoms with E-state index in [2.05, 4.69) is 27.7 Å². The monoisotopic (exact) mass is 392 g/mol. The van der Waals surface area contributed by atoms with Crippen LogP contribution in [0.1, 0.15) is 91.9 Å². The lowest BCUT2D eigenvalue weighted by Gasteiger charge is -2.63. The van der Waals surface area contributed by atoms with Gasteiger partial charge in [0.1, 0.15) is 0 Å². The molecule has 4 saturated carbocycles. The minimum Gasteiger partial charge on any atom is -0.393 e. The Bertz CT molecular complexity index is 564. The lowest BCUT2D eigenvalue weighted by molar-refractivity contribution is -0.207. The summed E-state index contributed by atoms with van der Waals surface area (Å²) in [6.07, 6.45) is 9.99. The number of fused-ring (bicyclic) bond motifs is 5. The minimum absolute atomic E-state index is 0.0350. The first-order valence-electron chi connectivity index (χ1n) is 12.3. The van der Waals surface area contributed by atoms with Gasteiger partial charge >= 0.3 is 0 Å². The zero-order valence-corrected chi connectivity index (χ0v) is 18.6. The summed E-state index contributed by atoms with van der Waals surface area (Å²) >= 11 is 0. The zero-order valence-electron chi connectivity index (χ0n) is 18.6. The van der Waals surface area contributed by atoms with Gasteiger partial charge in [-0.2, -0.15) is 0 Å². The first-order valence-corrected chi connectivity index (χ1v) is 12.3. The van der Waals surface area contributed by atoms with Crippen LogP contribution < -0.4 is 0 Å². The Labute approximate surface area is 172 Å². The molecule has 0 saturated heterocycles. The molecule has 3 heteroatoms. The Morgan fingerprint density at radius 3 is 2.43 bits per heavy atom. The highest BCUT2D eigenvalue weighted by molar-refractivity contribution is 5.14. The van der Waals surface area contributed by atoms with E-state index in [1.165, 1.54) is 32.1 Å². The first-order chi connectivity index (χ1) is 13.2. The molecule has 11 atom stereocenters. The van der Waals surface area contributed by atoms with Crippen molar-refractivity contribution in [3.63, 3.8) is 0 Å². The molecule has 162 valence electrons. The first kappa shape index (κ1) is 21.1. The van der Waals surface area contributed by atoms with Crippen molar-refractivity contribution in [2.24, 2.45) is 46.3 Å². The van der Waals surface area contributed by atoms with E-state index in [1.54, 1.807) is 0 Å². The van der Waals surface area contributed by atoms with Gasteiger partial charge in [0.2, 0.25) is 0 Å². The maximum Gasteiger partial charge on any atom is 0.0602 e. The molecule has 4 aliphatic rings. The fourth-order valence-corrected chi connectivity index (χ4v) is 8.86. The van der Waals surface area contributed by atoms with Crippen LogP contribution in [0.25, 0.3) is 0 Å². The van der Waals surface area contributed by atoms with Gasteiger partial charge in [-0.15, -0.1) is 0 Å². The second-order valence-corrected chi connectivity index (χ2v) is 11.6. The maximum absolute atomic E-state index is 11.5. The van der Waals surface area contributed by atoms with Gasteiger partial charge in [-0.05, 0) is 91.3 Å². The van der Waals surface area contributed by atoms with Crippen molar-refractivity contribution in [3.8, 4) is 0 Å². The van der Waals surface area contributed by atoms with E-state index in [0.29, 0.717) is 35.5 Å². The molecule has 0 spiro atoms. The van der Waals surface area contributed by atoms with Crippen LogP contribution in [0.2, 0.25) is 0 Å². The van der Waals surface area contributed by atoms with E-state index >= 15 is 0 Å². The SMILES string of the molecule is CCCC[C@H](C)[C@H]1CC[C@H]2[C@@H]3[C@H](O)C[C@@H]4C[C@H](O)CC[C@]4(C)[C@H]3C[C@H](O)[C@]12C. The lowest BCUT2D eigenvalue weighted by Crippen LogP contribution is -2.62. The molecule has 4 fully saturated rings. The normalized spacial score (nSPS) is 54.5. The van der Waals surface area contributed by atoms with Gasteiger partial charge < -0.3 is 15.3 Å². The predicted molar refractivity (Wildman–Crippen MR) is 113 cm³/mol. The van der Waals surface area contributed by atoms with Crippen LogP contribution in [0.3, 0.4) is 0 Å². The van der Waals surface area contributed by atoms with E-state index in [0.717, 1.165) is 32.1 Å². The molecule has 0 aromatic carbocycles. The second-order valence-electron chi connectivity index (χ2n) is 11.6. The lowest BCUT2D eigenvalue weighted by atomic mass is 9.43. The van der Waals surface area contributed by atoms with Crippen molar-refractivity contribution in [1.29, 1.82) is 0 Å². The number of hydrogen-bond acceptors (Lipinski definition) is 3. The van der Waals surface area contributed by atoms with Crippen molar-refractivity contribution in [2.45, 2.75) is 110 Å². The maximum atomic E-state index is 11.5. The quantitative estimate of drug-likeness (QED) is 0.645. The molecule has 0 bridgehead atoms. The molecule has 4 rings (SSSR count). The van der Waals surface area contributed by atoms with E-state index in [-0.39, 0.29) is 29.1 Å². The molecule has 4 aliphatic carbocycles. The molecule has 3 nitrogen and oxygen atoms in total. The Morgan fingerprint density at radius 1 is 0.964 bits per heavy atom. The van der Waals surface area contributed by atoms with E-state index < -0.39 is 0 Å². The van der Waals surface area contributed by atoms with Crippen LogP contribution in [0.15, 0.2) is 0 Å². The summed E-state index contributed by atoms with van der Waals surface area (Å²) < 4.78 is 0. The van der Waals surface area contributed by atoms with Crippen molar-refractivity contribution >= 4 is 0 Å². The minimum atomic E-state index is -0.255. The topological polar surface area (TPSA) is 60.7 Å². The largest absolute Gasteiger partial charge is 0.393 e. The molecule has 0 aromatic rings. The number of rotatable bonds is 4. The van der Waals surface area contributed by atoms with Gasteiger partial charge in [0.25, 0.3) is 0 Å². The van der Waals surface area contributed by atoms with Crippen LogP contribution in [0.5, 0.6) is 0 Å². The Hall–Kier alpha value is -0.120. The van der Waals surface area contributed by atoms with Gasteiger partial charge in [-0.3, -0.25) is 0 Å². The predicted octanol–water partition coefficient (Wildman–Crippen LogP) is 4.77. The van der Waals surface area contributed by atoms with Gasteiger partial charge in [0.15, 0.2) is 0 Å². The smallest absolute Gasteiger partial charge is 0.0602 e. The molecule has 0 heterocycles. The average Bonchev–Trinajstić information content (AvgIpc) is 3.01. The van der Waals surface area contributed by atoms with E-state index in [4.69, 9.17) is 0 Å². The zero-order chi connectivity index (χ0) is 20.3. The summed E-state index contributed by atoms with van der Waals surface area (Å²) in [5.41, 5.74) is 0.143. The van der Waals surface area contributed by atoms with Crippen molar-refractivity contribution < 1.29 is 15.3 Å². The van der Waals surface area contributed by atoms with Gasteiger partial charge in [-0.25, -0.2) is 0 Å². The highest BCUT2D eigenvalue weighted by atomic mass is 16.3. The third-order valence-corrected chi connectivity index (χ3v) is 10.5. The molecular formula is C25H44O3. The molecule has 0 aliphatic heterocycles. The molecule has 0 radical (unpaired) electrons. The fraction of sp³-hybridized carbons (Fsp3) is 1.00. The number of unbranched alkanes of at least 4 members (excludes halogenated alkanes) is 1. The molecular weight excluding hydrogens is 348 g/mol. The number of aliphatic hydroxyl groups is 3. The fourth-order valence-electron chi connectivity index (χ4n) is 8.86. The van der Waals surface area contributed by atoms with Crippen LogP contribution >= 0.6 is 0 Å². The molecule has 0 amide bonds. The third-order valence-electron chi connectivity index (χ3n) is 10.5. The summed E-state index contributed by atoms with van der Waals surface area (Å²) in [5.74, 6) is 2.86. The van der Waals surface area contributed by atoms with Crippen LogP contribution in [0.4, 0.5) is 0 Å². The molecule has 0 aromatic heterocycles. The molecule has 28 heavy (non-hydrogen) atoms. The van der Waals surface area contributed by atoms with Crippen molar-refractivity contribution in [3.05, 3.63) is 0 Å². The van der Waals surface area contributed by atoms with E-state index in [9.17, 15) is 15.3 Å². The number of aliphatic hydroxyl groups excluding tert-OH is 3. The van der Waals surface area contributed by atoms with Gasteiger partial charge in [0, 0.05) is 0 Å². The Morgan fingerprint density at radius 2 is 1.71 bits per heavy atom. The summed E-state index contributed by atoms with van der Waals surface area (Å²) in [7, 11) is 0. The highest BCUT2D eigenvalue weighted by Crippen LogP contribution is 2.68. The van der Waals surface area contributed by atoms with E-state index in [1.807, 2.05) is 0 Å². The molecule has 3 N–H and O–H groups in total. The number of hydrogen-bond donors (Lipinski definition) is 3. The van der Waals surface area contributed by atoms with Crippen LogP contribution in [-0.2, 0) is 0 Å². The van der Waals surface area contributed by atoms with Crippen LogP contribution in [-0.4, -0.2) is 33.6 Å². The second kappa shape index (κ2) is 7.54. The summed E-state index contributed by atoms with van der Waals surface area (Å²) in [6.45, 7) is 9.45. The Balaban J connectivity index is 1.62. The third kappa shape index (κ3) is 3.02. The van der Waals surface area contributed by atoms with Gasteiger partial charge in [0.05, 0.1) is 18.3 Å². The summed E-state index contributed by atoms with van der Waals surface area (Å²) in [6, 6.07) is 0. The highest BCUT2D eigenvalue weighted by Gasteiger charge is 2.65. The van der Waals surface area contributed by atoms with Crippen LogP contribution in [0, 0.1) is 46.3 Å². The standard InChI is InChI=1S/C25H44O3/c1-5-6-7-15(2)18-8-9-19-23-20(14-22(28)25(18,19)4)24(3)11-10-17(26)12-16(24)13-21(23)27/h15-23,26-28H,5-14H2,1-4H3/t15-,16-,17+,18+,19-,20-,21+,22-,23-,24-,25+/m0/s1. The Kier molecular flexibility index (Phi) is 5.69. The summed E-state index contributed by atoms with van der Waals surface area (Å²) in [4.78, 5) is 0. The van der Waals surface area contributed by atoms with Gasteiger partial charge in [-0.1, -0.05) is 47.0 Å². The van der Waals surface area contributed by atoms with Crippen molar-refractivity contribution in [2.75, 3.05) is 0 Å². The summed E-state index contributed by atoms with van der Waals surface area (Å²) in [5, 5.41) is 33.1. The molecule has 0 unspecified atom stereocenters.